The Hall–Kier alpha value is -0.330. The summed E-state index contributed by atoms with van der Waals surface area (Å²) in [5.74, 6) is 3.74. The van der Waals surface area contributed by atoms with Crippen LogP contribution in [0.1, 0.15) is 32.1 Å². The van der Waals surface area contributed by atoms with Gasteiger partial charge in [-0.2, -0.15) is 0 Å². The van der Waals surface area contributed by atoms with Crippen LogP contribution in [0, 0.1) is 23.7 Å². The molecule has 3 rings (SSSR count). The van der Waals surface area contributed by atoms with E-state index in [2.05, 4.69) is 0 Å². The fourth-order valence-electron chi connectivity index (χ4n) is 3.79. The van der Waals surface area contributed by atoms with E-state index in [1.54, 1.807) is 0 Å². The average molecular weight is 150 g/mol. The highest BCUT2D eigenvalue weighted by Crippen LogP contribution is 2.57. The van der Waals surface area contributed by atoms with Gasteiger partial charge in [0.15, 0.2) is 0 Å². The van der Waals surface area contributed by atoms with E-state index in [-0.39, 0.29) is 0 Å². The molecular formula is C10H14O. The molecule has 0 saturated heterocycles. The molecule has 3 aliphatic rings. The third kappa shape index (κ3) is 0.646. The van der Waals surface area contributed by atoms with Gasteiger partial charge in [-0.25, -0.2) is 0 Å². The molecule has 1 nitrogen and oxygen atoms in total. The lowest BCUT2D eigenvalue weighted by molar-refractivity contribution is -0.123. The van der Waals surface area contributed by atoms with Crippen LogP contribution in [0.3, 0.4) is 0 Å². The first-order valence-corrected chi connectivity index (χ1v) is 4.89. The van der Waals surface area contributed by atoms with E-state index in [0.29, 0.717) is 11.7 Å². The van der Waals surface area contributed by atoms with Crippen molar-refractivity contribution in [3.63, 3.8) is 0 Å². The van der Waals surface area contributed by atoms with Crippen molar-refractivity contribution in [1.29, 1.82) is 0 Å². The number of carbonyl (C=O) groups excluding carboxylic acids is 1. The molecule has 3 saturated carbocycles. The van der Waals surface area contributed by atoms with Crippen molar-refractivity contribution >= 4 is 5.78 Å². The normalized spacial score (nSPS) is 53.6. The molecule has 3 aliphatic carbocycles. The zero-order valence-electron chi connectivity index (χ0n) is 6.75. The Morgan fingerprint density at radius 2 is 2.00 bits per heavy atom. The van der Waals surface area contributed by atoms with E-state index in [9.17, 15) is 4.79 Å². The molecular weight excluding hydrogens is 136 g/mol. The van der Waals surface area contributed by atoms with Gasteiger partial charge in [-0.15, -0.1) is 0 Å². The summed E-state index contributed by atoms with van der Waals surface area (Å²) in [5.41, 5.74) is 0. The smallest absolute Gasteiger partial charge is 0.136 e. The van der Waals surface area contributed by atoms with E-state index < -0.39 is 0 Å². The first kappa shape index (κ1) is 6.22. The molecule has 2 bridgehead atoms. The van der Waals surface area contributed by atoms with Crippen LogP contribution in [0.2, 0.25) is 0 Å². The molecule has 0 amide bonds. The van der Waals surface area contributed by atoms with Gasteiger partial charge in [-0.1, -0.05) is 6.42 Å². The summed E-state index contributed by atoms with van der Waals surface area (Å²) in [7, 11) is 0. The summed E-state index contributed by atoms with van der Waals surface area (Å²) in [4.78, 5) is 11.4. The van der Waals surface area contributed by atoms with Crippen molar-refractivity contribution in [3.05, 3.63) is 0 Å². The Kier molecular flexibility index (Phi) is 1.06. The standard InChI is InChI=1S/C10H14O/c11-10-5-6-4-9(10)8-3-1-2-7(6)8/h6-9H,1-5H2/t6-,7-,8+,9+/m0/s1. The van der Waals surface area contributed by atoms with E-state index in [0.717, 1.165) is 24.2 Å². The van der Waals surface area contributed by atoms with Gasteiger partial charge in [0.25, 0.3) is 0 Å². The molecule has 0 aromatic carbocycles. The molecule has 0 radical (unpaired) electrons. The lowest BCUT2D eigenvalue weighted by Gasteiger charge is -2.22. The van der Waals surface area contributed by atoms with Gasteiger partial charge in [0, 0.05) is 12.3 Å². The molecule has 0 unspecified atom stereocenters. The van der Waals surface area contributed by atoms with Gasteiger partial charge in [-0.05, 0) is 37.0 Å². The highest BCUT2D eigenvalue weighted by Gasteiger charge is 2.53. The minimum absolute atomic E-state index is 0.521. The monoisotopic (exact) mass is 150 g/mol. The summed E-state index contributed by atoms with van der Waals surface area (Å²) in [5, 5.41) is 0. The van der Waals surface area contributed by atoms with Gasteiger partial charge in [0.2, 0.25) is 0 Å². The van der Waals surface area contributed by atoms with Crippen LogP contribution >= 0.6 is 0 Å². The minimum Gasteiger partial charge on any atom is -0.299 e. The molecule has 1 heteroatoms. The number of rotatable bonds is 0. The molecule has 0 aliphatic heterocycles. The second-order valence-corrected chi connectivity index (χ2v) is 4.53. The van der Waals surface area contributed by atoms with Crippen molar-refractivity contribution in [2.75, 3.05) is 0 Å². The molecule has 0 N–H and O–H groups in total. The Morgan fingerprint density at radius 1 is 1.18 bits per heavy atom. The van der Waals surface area contributed by atoms with Crippen molar-refractivity contribution in [1.82, 2.24) is 0 Å². The van der Waals surface area contributed by atoms with Crippen LogP contribution < -0.4 is 0 Å². The van der Waals surface area contributed by atoms with Crippen molar-refractivity contribution in [3.8, 4) is 0 Å². The Morgan fingerprint density at radius 3 is 2.91 bits per heavy atom. The summed E-state index contributed by atoms with van der Waals surface area (Å²) in [6, 6.07) is 0. The largest absolute Gasteiger partial charge is 0.299 e. The SMILES string of the molecule is O=C1C[C@@H]2C[C@@H]1[C@@H]1CCC[C@@H]21. The number of ketones is 1. The topological polar surface area (TPSA) is 17.1 Å². The predicted molar refractivity (Wildman–Crippen MR) is 42.1 cm³/mol. The fraction of sp³-hybridized carbons (Fsp3) is 0.900. The van der Waals surface area contributed by atoms with Crippen molar-refractivity contribution in [2.45, 2.75) is 32.1 Å². The van der Waals surface area contributed by atoms with Crippen LogP contribution in [0.5, 0.6) is 0 Å². The van der Waals surface area contributed by atoms with Gasteiger partial charge in [0.1, 0.15) is 5.78 Å². The lowest BCUT2D eigenvalue weighted by atomic mass is 9.81. The molecule has 0 spiro atoms. The Labute approximate surface area is 67.2 Å². The third-order valence-electron chi connectivity index (χ3n) is 4.18. The number of fused-ring (bicyclic) bond motifs is 5. The number of hydrogen-bond acceptors (Lipinski definition) is 1. The summed E-state index contributed by atoms with van der Waals surface area (Å²) in [6.07, 6.45) is 6.38. The second-order valence-electron chi connectivity index (χ2n) is 4.53. The van der Waals surface area contributed by atoms with Crippen molar-refractivity contribution < 1.29 is 4.79 Å². The molecule has 3 fully saturated rings. The third-order valence-corrected chi connectivity index (χ3v) is 4.18. The highest BCUT2D eigenvalue weighted by atomic mass is 16.1. The average Bonchev–Trinajstić information content (AvgIpc) is 2.52. The van der Waals surface area contributed by atoms with Crippen molar-refractivity contribution in [2.24, 2.45) is 23.7 Å². The van der Waals surface area contributed by atoms with E-state index in [4.69, 9.17) is 0 Å². The first-order chi connectivity index (χ1) is 5.36. The van der Waals surface area contributed by atoms with Gasteiger partial charge in [0.05, 0.1) is 0 Å². The number of carbonyl (C=O) groups is 1. The Balaban J connectivity index is 1.95. The van der Waals surface area contributed by atoms with Gasteiger partial charge >= 0.3 is 0 Å². The lowest BCUT2D eigenvalue weighted by Crippen LogP contribution is -2.23. The minimum atomic E-state index is 0.521. The molecule has 11 heavy (non-hydrogen) atoms. The molecule has 0 heterocycles. The van der Waals surface area contributed by atoms with Crippen LogP contribution in [0.15, 0.2) is 0 Å². The predicted octanol–water partition coefficient (Wildman–Crippen LogP) is 2.01. The maximum Gasteiger partial charge on any atom is 0.136 e. The number of Topliss-reactive ketones (excluding diaryl/α,β-unsaturated/α-hetero) is 1. The highest BCUT2D eigenvalue weighted by molar-refractivity contribution is 5.85. The maximum atomic E-state index is 11.4. The summed E-state index contributed by atoms with van der Waals surface area (Å²) in [6.45, 7) is 0. The van der Waals surface area contributed by atoms with Gasteiger partial charge < -0.3 is 0 Å². The maximum absolute atomic E-state index is 11.4. The van der Waals surface area contributed by atoms with E-state index in [1.807, 2.05) is 0 Å². The van der Waals surface area contributed by atoms with Crippen LogP contribution in [0.4, 0.5) is 0 Å². The molecule has 0 aromatic rings. The van der Waals surface area contributed by atoms with Crippen LogP contribution in [-0.4, -0.2) is 5.78 Å². The summed E-state index contributed by atoms with van der Waals surface area (Å²) < 4.78 is 0. The summed E-state index contributed by atoms with van der Waals surface area (Å²) >= 11 is 0. The fourth-order valence-corrected chi connectivity index (χ4v) is 3.79. The zero-order chi connectivity index (χ0) is 7.42. The Bertz CT molecular complexity index is 209. The number of hydrogen-bond donors (Lipinski definition) is 0. The van der Waals surface area contributed by atoms with Gasteiger partial charge in [-0.3, -0.25) is 4.79 Å². The molecule has 0 aromatic heterocycles. The van der Waals surface area contributed by atoms with Crippen LogP contribution in [0.25, 0.3) is 0 Å². The first-order valence-electron chi connectivity index (χ1n) is 4.89. The quantitative estimate of drug-likeness (QED) is 0.516. The van der Waals surface area contributed by atoms with E-state index in [1.165, 1.54) is 25.7 Å². The van der Waals surface area contributed by atoms with Crippen LogP contribution in [-0.2, 0) is 4.79 Å². The van der Waals surface area contributed by atoms with E-state index >= 15 is 0 Å². The molecule has 4 atom stereocenters. The second kappa shape index (κ2) is 1.88. The zero-order valence-corrected chi connectivity index (χ0v) is 6.75. The molecule has 60 valence electrons.